The highest BCUT2D eigenvalue weighted by molar-refractivity contribution is 5.94. The Morgan fingerprint density at radius 2 is 2.33 bits per heavy atom. The number of nitrogens with two attached hydrogens (primary N) is 1. The number of hydrogen-bond acceptors (Lipinski definition) is 4. The lowest BCUT2D eigenvalue weighted by atomic mass is 10.2. The van der Waals surface area contributed by atoms with Crippen molar-refractivity contribution in [3.63, 3.8) is 0 Å². The Balaban J connectivity index is 2.17. The van der Waals surface area contributed by atoms with Crippen LogP contribution < -0.4 is 11.1 Å². The van der Waals surface area contributed by atoms with Gasteiger partial charge in [-0.15, -0.1) is 0 Å². The van der Waals surface area contributed by atoms with Crippen molar-refractivity contribution in [3.8, 4) is 0 Å². The van der Waals surface area contributed by atoms with Crippen LogP contribution in [0.2, 0.25) is 0 Å². The maximum atomic E-state index is 12.3. The standard InChI is InChI=1S/C12H17N3O3/c1-8-2-3-10(18-8)12(17)15(7-11(13)16)9-4-5-14-6-9/h2-3,9,14H,4-7H2,1H3,(H2,13,16). The zero-order valence-electron chi connectivity index (χ0n) is 10.3. The van der Waals surface area contributed by atoms with E-state index in [9.17, 15) is 9.59 Å². The molecule has 1 aromatic heterocycles. The molecule has 1 aliphatic heterocycles. The summed E-state index contributed by atoms with van der Waals surface area (Å²) in [5, 5.41) is 3.16. The van der Waals surface area contributed by atoms with Gasteiger partial charge in [-0.05, 0) is 32.0 Å². The van der Waals surface area contributed by atoms with Crippen LogP contribution in [0, 0.1) is 6.92 Å². The Bertz CT molecular complexity index is 449. The van der Waals surface area contributed by atoms with Gasteiger partial charge in [0.15, 0.2) is 5.76 Å². The van der Waals surface area contributed by atoms with Gasteiger partial charge >= 0.3 is 0 Å². The number of nitrogens with one attached hydrogen (secondary N) is 1. The number of rotatable bonds is 4. The summed E-state index contributed by atoms with van der Waals surface area (Å²) in [4.78, 5) is 24.8. The summed E-state index contributed by atoms with van der Waals surface area (Å²) in [5.41, 5.74) is 5.20. The number of nitrogens with zero attached hydrogens (tertiary/aromatic N) is 1. The first-order valence-electron chi connectivity index (χ1n) is 5.94. The molecule has 3 N–H and O–H groups in total. The molecule has 1 unspecified atom stereocenters. The summed E-state index contributed by atoms with van der Waals surface area (Å²) in [6, 6.07) is 3.34. The minimum atomic E-state index is -0.515. The molecule has 1 aromatic rings. The molecule has 0 aliphatic carbocycles. The summed E-state index contributed by atoms with van der Waals surface area (Å²) in [7, 11) is 0. The van der Waals surface area contributed by atoms with E-state index >= 15 is 0 Å². The van der Waals surface area contributed by atoms with Crippen molar-refractivity contribution in [2.24, 2.45) is 5.73 Å². The van der Waals surface area contributed by atoms with Gasteiger partial charge in [0.1, 0.15) is 12.3 Å². The molecule has 2 heterocycles. The molecular formula is C12H17N3O3. The van der Waals surface area contributed by atoms with E-state index in [-0.39, 0.29) is 24.3 Å². The highest BCUT2D eigenvalue weighted by Crippen LogP contribution is 2.15. The van der Waals surface area contributed by atoms with Gasteiger partial charge < -0.3 is 20.4 Å². The normalized spacial score (nSPS) is 18.8. The van der Waals surface area contributed by atoms with Crippen LogP contribution >= 0.6 is 0 Å². The van der Waals surface area contributed by atoms with E-state index in [1.165, 1.54) is 4.90 Å². The van der Waals surface area contributed by atoms with Gasteiger partial charge in [-0.3, -0.25) is 9.59 Å². The number of carbonyl (C=O) groups excluding carboxylic acids is 2. The molecule has 0 spiro atoms. The number of primary amides is 1. The third-order valence-corrected chi connectivity index (χ3v) is 3.01. The van der Waals surface area contributed by atoms with Gasteiger partial charge in [0, 0.05) is 12.6 Å². The first-order valence-corrected chi connectivity index (χ1v) is 5.94. The zero-order valence-corrected chi connectivity index (χ0v) is 10.3. The van der Waals surface area contributed by atoms with Gasteiger partial charge in [-0.25, -0.2) is 0 Å². The SMILES string of the molecule is Cc1ccc(C(=O)N(CC(N)=O)C2CCNC2)o1. The molecule has 0 bridgehead atoms. The fraction of sp³-hybridized carbons (Fsp3) is 0.500. The van der Waals surface area contributed by atoms with Gasteiger partial charge in [-0.2, -0.15) is 0 Å². The van der Waals surface area contributed by atoms with Crippen LogP contribution in [0.25, 0.3) is 0 Å². The van der Waals surface area contributed by atoms with Crippen LogP contribution in [0.5, 0.6) is 0 Å². The molecule has 0 radical (unpaired) electrons. The van der Waals surface area contributed by atoms with E-state index in [2.05, 4.69) is 5.32 Å². The predicted molar refractivity (Wildman–Crippen MR) is 65.0 cm³/mol. The first kappa shape index (κ1) is 12.6. The average Bonchev–Trinajstić information content (AvgIpc) is 2.95. The highest BCUT2D eigenvalue weighted by Gasteiger charge is 2.29. The lowest BCUT2D eigenvalue weighted by molar-refractivity contribution is -0.119. The van der Waals surface area contributed by atoms with E-state index in [1.807, 2.05) is 0 Å². The van der Waals surface area contributed by atoms with Crippen molar-refractivity contribution in [2.75, 3.05) is 19.6 Å². The summed E-state index contributed by atoms with van der Waals surface area (Å²) in [6.45, 7) is 3.21. The number of hydrogen-bond donors (Lipinski definition) is 2. The number of furan rings is 1. The lowest BCUT2D eigenvalue weighted by Gasteiger charge is -2.26. The summed E-state index contributed by atoms with van der Waals surface area (Å²) in [6.07, 6.45) is 0.818. The maximum Gasteiger partial charge on any atom is 0.290 e. The summed E-state index contributed by atoms with van der Waals surface area (Å²) < 4.78 is 5.30. The van der Waals surface area contributed by atoms with Gasteiger partial charge in [0.05, 0.1) is 0 Å². The Kier molecular flexibility index (Phi) is 3.66. The molecule has 2 amide bonds. The molecule has 1 aliphatic rings. The van der Waals surface area contributed by atoms with E-state index in [1.54, 1.807) is 19.1 Å². The van der Waals surface area contributed by atoms with Crippen LogP contribution in [-0.2, 0) is 4.79 Å². The molecule has 1 saturated heterocycles. The van der Waals surface area contributed by atoms with Crippen molar-refractivity contribution < 1.29 is 14.0 Å². The third kappa shape index (κ3) is 2.70. The van der Waals surface area contributed by atoms with E-state index < -0.39 is 5.91 Å². The molecule has 18 heavy (non-hydrogen) atoms. The topological polar surface area (TPSA) is 88.6 Å². The van der Waals surface area contributed by atoms with Gasteiger partial charge in [0.2, 0.25) is 5.91 Å². The molecule has 6 heteroatoms. The van der Waals surface area contributed by atoms with Gasteiger partial charge in [0.25, 0.3) is 5.91 Å². The second kappa shape index (κ2) is 5.22. The fourth-order valence-electron chi connectivity index (χ4n) is 2.13. The summed E-state index contributed by atoms with van der Waals surface area (Å²) >= 11 is 0. The Morgan fingerprint density at radius 3 is 2.83 bits per heavy atom. The van der Waals surface area contributed by atoms with Gasteiger partial charge in [-0.1, -0.05) is 0 Å². The van der Waals surface area contributed by atoms with Crippen LogP contribution in [-0.4, -0.2) is 42.4 Å². The van der Waals surface area contributed by atoms with Crippen molar-refractivity contribution in [2.45, 2.75) is 19.4 Å². The molecule has 2 rings (SSSR count). The lowest BCUT2D eigenvalue weighted by Crippen LogP contribution is -2.46. The second-order valence-corrected chi connectivity index (χ2v) is 4.46. The molecule has 1 atom stereocenters. The highest BCUT2D eigenvalue weighted by atomic mass is 16.3. The smallest absolute Gasteiger partial charge is 0.290 e. The van der Waals surface area contributed by atoms with E-state index in [4.69, 9.17) is 10.2 Å². The van der Waals surface area contributed by atoms with E-state index in [0.717, 1.165) is 13.0 Å². The summed E-state index contributed by atoms with van der Waals surface area (Å²) in [5.74, 6) is 0.122. The Labute approximate surface area is 105 Å². The zero-order chi connectivity index (χ0) is 13.1. The number of carbonyl (C=O) groups is 2. The van der Waals surface area contributed by atoms with Crippen LogP contribution in [0.4, 0.5) is 0 Å². The van der Waals surface area contributed by atoms with Crippen molar-refractivity contribution in [1.29, 1.82) is 0 Å². The number of aryl methyl sites for hydroxylation is 1. The van der Waals surface area contributed by atoms with Crippen LogP contribution in [0.15, 0.2) is 16.5 Å². The third-order valence-electron chi connectivity index (χ3n) is 3.01. The van der Waals surface area contributed by atoms with Crippen molar-refractivity contribution in [3.05, 3.63) is 23.7 Å². The molecule has 6 nitrogen and oxygen atoms in total. The molecule has 1 fully saturated rings. The Morgan fingerprint density at radius 1 is 1.56 bits per heavy atom. The second-order valence-electron chi connectivity index (χ2n) is 4.46. The number of amides is 2. The molecule has 0 aromatic carbocycles. The largest absolute Gasteiger partial charge is 0.456 e. The Hall–Kier alpha value is -1.82. The molecule has 0 saturated carbocycles. The predicted octanol–water partition coefficient (Wildman–Crippen LogP) is -0.123. The van der Waals surface area contributed by atoms with Crippen LogP contribution in [0.3, 0.4) is 0 Å². The van der Waals surface area contributed by atoms with Crippen molar-refractivity contribution in [1.82, 2.24) is 10.2 Å². The minimum Gasteiger partial charge on any atom is -0.456 e. The minimum absolute atomic E-state index is 0.00425. The molecular weight excluding hydrogens is 234 g/mol. The average molecular weight is 251 g/mol. The molecule has 98 valence electrons. The monoisotopic (exact) mass is 251 g/mol. The maximum absolute atomic E-state index is 12.3. The first-order chi connectivity index (χ1) is 8.58. The van der Waals surface area contributed by atoms with E-state index in [0.29, 0.717) is 12.3 Å². The fourth-order valence-corrected chi connectivity index (χ4v) is 2.13. The quantitative estimate of drug-likeness (QED) is 0.780. The van der Waals surface area contributed by atoms with Crippen LogP contribution in [0.1, 0.15) is 22.7 Å². The van der Waals surface area contributed by atoms with Crippen molar-refractivity contribution >= 4 is 11.8 Å².